The van der Waals surface area contributed by atoms with E-state index in [1.807, 2.05) is 60.0 Å². The van der Waals surface area contributed by atoms with Crippen LogP contribution in [0, 0.1) is 0 Å². The van der Waals surface area contributed by atoms with E-state index in [-0.39, 0.29) is 6.03 Å². The second-order valence-electron chi connectivity index (χ2n) is 5.16. The SMILES string of the molecule is O=C(NCc1ccccc1)N(Cc1ccco1)Cc1cccs1. The summed E-state index contributed by atoms with van der Waals surface area (Å²) in [4.78, 5) is 15.4. The lowest BCUT2D eigenvalue weighted by molar-refractivity contribution is 0.187. The first-order valence-electron chi connectivity index (χ1n) is 7.43. The molecular formula is C18H18N2O2S. The molecule has 3 aromatic rings. The van der Waals surface area contributed by atoms with Gasteiger partial charge >= 0.3 is 6.03 Å². The van der Waals surface area contributed by atoms with Crippen LogP contribution in [0.15, 0.2) is 70.7 Å². The number of furan rings is 1. The molecule has 23 heavy (non-hydrogen) atoms. The summed E-state index contributed by atoms with van der Waals surface area (Å²) < 4.78 is 5.38. The lowest BCUT2D eigenvalue weighted by atomic mass is 10.2. The van der Waals surface area contributed by atoms with Gasteiger partial charge in [0.05, 0.1) is 19.4 Å². The Labute approximate surface area is 139 Å². The number of hydrogen-bond acceptors (Lipinski definition) is 3. The summed E-state index contributed by atoms with van der Waals surface area (Å²) in [6.07, 6.45) is 1.63. The molecule has 1 N–H and O–H groups in total. The summed E-state index contributed by atoms with van der Waals surface area (Å²) in [5.41, 5.74) is 1.08. The zero-order chi connectivity index (χ0) is 15.9. The third-order valence-electron chi connectivity index (χ3n) is 3.43. The zero-order valence-corrected chi connectivity index (χ0v) is 13.5. The number of nitrogens with one attached hydrogen (secondary N) is 1. The van der Waals surface area contributed by atoms with Crippen LogP contribution in [0.2, 0.25) is 0 Å². The highest BCUT2D eigenvalue weighted by molar-refractivity contribution is 7.09. The summed E-state index contributed by atoms with van der Waals surface area (Å²) in [5.74, 6) is 0.774. The maximum Gasteiger partial charge on any atom is 0.318 e. The van der Waals surface area contributed by atoms with Gasteiger partial charge in [-0.15, -0.1) is 11.3 Å². The van der Waals surface area contributed by atoms with Crippen LogP contribution < -0.4 is 5.32 Å². The molecule has 0 unspecified atom stereocenters. The molecule has 0 atom stereocenters. The van der Waals surface area contributed by atoms with Gasteiger partial charge in [0.2, 0.25) is 0 Å². The van der Waals surface area contributed by atoms with Crippen molar-refractivity contribution in [2.75, 3.05) is 0 Å². The van der Waals surface area contributed by atoms with Gasteiger partial charge in [-0.1, -0.05) is 36.4 Å². The molecule has 0 aliphatic rings. The third-order valence-corrected chi connectivity index (χ3v) is 4.29. The minimum atomic E-state index is -0.0985. The molecule has 0 spiro atoms. The van der Waals surface area contributed by atoms with E-state index in [2.05, 4.69) is 5.32 Å². The molecule has 1 aromatic carbocycles. The average Bonchev–Trinajstić information content (AvgIpc) is 3.27. The van der Waals surface area contributed by atoms with E-state index in [9.17, 15) is 4.79 Å². The number of urea groups is 1. The minimum absolute atomic E-state index is 0.0985. The van der Waals surface area contributed by atoms with Gasteiger partial charge < -0.3 is 14.6 Å². The van der Waals surface area contributed by atoms with Crippen LogP contribution >= 0.6 is 11.3 Å². The molecule has 0 radical (unpaired) electrons. The van der Waals surface area contributed by atoms with Crippen LogP contribution in [0.3, 0.4) is 0 Å². The number of benzene rings is 1. The molecule has 2 aromatic heterocycles. The largest absolute Gasteiger partial charge is 0.467 e. The number of carbonyl (C=O) groups excluding carboxylic acids is 1. The Balaban J connectivity index is 1.65. The molecule has 0 saturated carbocycles. The van der Waals surface area contributed by atoms with Crippen LogP contribution in [0.4, 0.5) is 4.79 Å². The van der Waals surface area contributed by atoms with Gasteiger partial charge in [0.25, 0.3) is 0 Å². The van der Waals surface area contributed by atoms with Crippen LogP contribution in [-0.4, -0.2) is 10.9 Å². The highest BCUT2D eigenvalue weighted by atomic mass is 32.1. The van der Waals surface area contributed by atoms with E-state index in [4.69, 9.17) is 4.42 Å². The highest BCUT2D eigenvalue weighted by Gasteiger charge is 2.16. The molecule has 0 fully saturated rings. The molecular weight excluding hydrogens is 308 g/mol. The Bertz CT molecular complexity index is 673. The van der Waals surface area contributed by atoms with Crippen LogP contribution in [-0.2, 0) is 19.6 Å². The lowest BCUT2D eigenvalue weighted by Crippen LogP contribution is -2.38. The van der Waals surface area contributed by atoms with E-state index >= 15 is 0 Å². The Morgan fingerprint density at radius 1 is 1.04 bits per heavy atom. The van der Waals surface area contributed by atoms with E-state index in [0.717, 1.165) is 16.2 Å². The molecule has 2 heterocycles. The van der Waals surface area contributed by atoms with Crippen molar-refractivity contribution in [2.24, 2.45) is 0 Å². The number of hydrogen-bond donors (Lipinski definition) is 1. The van der Waals surface area contributed by atoms with Crippen molar-refractivity contribution in [1.29, 1.82) is 0 Å². The molecule has 4 nitrogen and oxygen atoms in total. The number of rotatable bonds is 6. The number of carbonyl (C=O) groups is 1. The fourth-order valence-electron chi connectivity index (χ4n) is 2.27. The molecule has 0 aliphatic carbocycles. The fraction of sp³-hybridized carbons (Fsp3) is 0.167. The van der Waals surface area contributed by atoms with Crippen molar-refractivity contribution in [3.8, 4) is 0 Å². The van der Waals surface area contributed by atoms with Crippen molar-refractivity contribution in [3.05, 3.63) is 82.4 Å². The smallest absolute Gasteiger partial charge is 0.318 e. The standard InChI is InChI=1S/C18H18N2O2S/c21-18(19-12-15-6-2-1-3-7-15)20(13-16-8-4-10-22-16)14-17-9-5-11-23-17/h1-11H,12-14H2,(H,19,21). The van der Waals surface area contributed by atoms with E-state index in [1.165, 1.54) is 0 Å². The quantitative estimate of drug-likeness (QED) is 0.736. The van der Waals surface area contributed by atoms with Crippen molar-refractivity contribution in [1.82, 2.24) is 10.2 Å². The van der Waals surface area contributed by atoms with Gasteiger partial charge in [0, 0.05) is 11.4 Å². The summed E-state index contributed by atoms with van der Waals surface area (Å²) >= 11 is 1.64. The Morgan fingerprint density at radius 3 is 2.61 bits per heavy atom. The first-order valence-corrected chi connectivity index (χ1v) is 8.31. The molecule has 0 aliphatic heterocycles. The van der Waals surface area contributed by atoms with Gasteiger partial charge in [0.15, 0.2) is 0 Å². The fourth-order valence-corrected chi connectivity index (χ4v) is 2.99. The maximum absolute atomic E-state index is 12.5. The third kappa shape index (κ3) is 4.47. The van der Waals surface area contributed by atoms with Crippen molar-refractivity contribution in [3.63, 3.8) is 0 Å². The first kappa shape index (κ1) is 15.4. The van der Waals surface area contributed by atoms with Gasteiger partial charge in [-0.05, 0) is 29.1 Å². The zero-order valence-electron chi connectivity index (χ0n) is 12.6. The molecule has 0 saturated heterocycles. The highest BCUT2D eigenvalue weighted by Crippen LogP contribution is 2.15. The van der Waals surface area contributed by atoms with Gasteiger partial charge in [0.1, 0.15) is 5.76 Å². The number of nitrogens with zero attached hydrogens (tertiary/aromatic N) is 1. The summed E-state index contributed by atoms with van der Waals surface area (Å²) in [6.45, 7) is 1.53. The Morgan fingerprint density at radius 2 is 1.91 bits per heavy atom. The predicted octanol–water partition coefficient (Wildman–Crippen LogP) is 4.25. The molecule has 3 rings (SSSR count). The average molecular weight is 326 g/mol. The normalized spacial score (nSPS) is 10.4. The van der Waals surface area contributed by atoms with Crippen LogP contribution in [0.25, 0.3) is 0 Å². The second kappa shape index (κ2) is 7.65. The second-order valence-corrected chi connectivity index (χ2v) is 6.19. The van der Waals surface area contributed by atoms with Crippen molar-refractivity contribution in [2.45, 2.75) is 19.6 Å². The minimum Gasteiger partial charge on any atom is -0.467 e. The van der Waals surface area contributed by atoms with Gasteiger partial charge in [-0.2, -0.15) is 0 Å². The summed E-state index contributed by atoms with van der Waals surface area (Å²) in [5, 5.41) is 4.99. The molecule has 118 valence electrons. The predicted molar refractivity (Wildman–Crippen MR) is 91.0 cm³/mol. The van der Waals surface area contributed by atoms with E-state index < -0.39 is 0 Å². The number of amides is 2. The summed E-state index contributed by atoms with van der Waals surface area (Å²) in [7, 11) is 0. The van der Waals surface area contributed by atoms with Crippen LogP contribution in [0.5, 0.6) is 0 Å². The molecule has 0 bridgehead atoms. The van der Waals surface area contributed by atoms with E-state index in [1.54, 1.807) is 22.5 Å². The van der Waals surface area contributed by atoms with Crippen molar-refractivity contribution >= 4 is 17.4 Å². The maximum atomic E-state index is 12.5. The molecule has 2 amide bonds. The lowest BCUT2D eigenvalue weighted by Gasteiger charge is -2.21. The molecule has 5 heteroatoms. The number of thiophene rings is 1. The van der Waals surface area contributed by atoms with E-state index in [0.29, 0.717) is 19.6 Å². The summed E-state index contributed by atoms with van der Waals surface area (Å²) in [6, 6.07) is 17.5. The van der Waals surface area contributed by atoms with Gasteiger partial charge in [-0.25, -0.2) is 4.79 Å². The monoisotopic (exact) mass is 326 g/mol. The first-order chi connectivity index (χ1) is 11.3. The Kier molecular flexibility index (Phi) is 5.11. The van der Waals surface area contributed by atoms with Crippen molar-refractivity contribution < 1.29 is 9.21 Å². The van der Waals surface area contributed by atoms with Gasteiger partial charge in [-0.3, -0.25) is 0 Å². The Hall–Kier alpha value is -2.53. The van der Waals surface area contributed by atoms with Crippen LogP contribution in [0.1, 0.15) is 16.2 Å². The topological polar surface area (TPSA) is 45.5 Å².